The van der Waals surface area contributed by atoms with Gasteiger partial charge < -0.3 is 22.0 Å². The molecule has 2 amide bonds. The molecule has 3 aromatic rings. The smallest absolute Gasteiger partial charge is 0.254 e. The van der Waals surface area contributed by atoms with Gasteiger partial charge in [-0.25, -0.2) is 9.07 Å². The maximum absolute atomic E-state index is 13.2. The molecule has 0 bridgehead atoms. The summed E-state index contributed by atoms with van der Waals surface area (Å²) >= 11 is 5.93. The molecule has 2 heterocycles. The van der Waals surface area contributed by atoms with Crippen LogP contribution in [0.2, 0.25) is 5.02 Å². The largest absolute Gasteiger partial charge is 0.494 e. The molecular formula is C24H25ClFN7O3. The Labute approximate surface area is 211 Å². The Balaban J connectivity index is 1.76. The van der Waals surface area contributed by atoms with E-state index in [0.717, 1.165) is 18.2 Å². The number of anilines is 1. The van der Waals surface area contributed by atoms with Crippen LogP contribution in [0, 0.1) is 11.2 Å². The third-order valence-electron chi connectivity index (χ3n) is 5.36. The number of nitrogen functional groups attached to an aromatic ring is 1. The monoisotopic (exact) mass is 513 g/mol. The lowest BCUT2D eigenvalue weighted by atomic mass is 10.0. The molecule has 12 heteroatoms. The Hall–Kier alpha value is -4.25. The second-order valence-corrected chi connectivity index (χ2v) is 8.67. The van der Waals surface area contributed by atoms with Crippen molar-refractivity contribution < 1.29 is 19.1 Å². The van der Waals surface area contributed by atoms with Gasteiger partial charge in [-0.3, -0.25) is 19.9 Å². The first-order valence-corrected chi connectivity index (χ1v) is 11.2. The van der Waals surface area contributed by atoms with Crippen molar-refractivity contribution in [3.63, 3.8) is 0 Å². The molecule has 188 valence electrons. The molecule has 0 aliphatic rings. The van der Waals surface area contributed by atoms with Crippen LogP contribution in [0.4, 0.5) is 10.2 Å². The fourth-order valence-corrected chi connectivity index (χ4v) is 3.68. The first kappa shape index (κ1) is 26.4. The van der Waals surface area contributed by atoms with Gasteiger partial charge in [0, 0.05) is 23.9 Å². The standard InChI is InChI=1S/C24H25ClFN7O3/c1-11(2)33-22(28)20(23(29)35)21(32-33)18-7-4-13(10-30-18)12(3)24(36)31-19(34)9-17(27)15-6-5-14(26)8-16(15)25/h4-12,27,34H,28H2,1-3H3,(H2,29,35)(H,31,36)/b19-9-,27-17?. The van der Waals surface area contributed by atoms with Crippen molar-refractivity contribution in [1.82, 2.24) is 20.1 Å². The number of halogens is 2. The molecule has 7 N–H and O–H groups in total. The number of aromatic nitrogens is 3. The zero-order chi connectivity index (χ0) is 26.7. The van der Waals surface area contributed by atoms with E-state index in [1.807, 2.05) is 13.8 Å². The van der Waals surface area contributed by atoms with Gasteiger partial charge in [0.05, 0.1) is 22.3 Å². The minimum atomic E-state index is -0.736. The van der Waals surface area contributed by atoms with Gasteiger partial charge in [0.1, 0.15) is 22.9 Å². The highest BCUT2D eigenvalue weighted by atomic mass is 35.5. The maximum atomic E-state index is 13.2. The summed E-state index contributed by atoms with van der Waals surface area (Å²) in [6.07, 6.45) is 2.43. The molecule has 36 heavy (non-hydrogen) atoms. The van der Waals surface area contributed by atoms with E-state index in [9.17, 15) is 19.1 Å². The number of amides is 2. The van der Waals surface area contributed by atoms with E-state index in [0.29, 0.717) is 11.3 Å². The molecule has 0 fully saturated rings. The predicted molar refractivity (Wildman–Crippen MR) is 134 cm³/mol. The quantitative estimate of drug-likeness (QED) is 0.227. The summed E-state index contributed by atoms with van der Waals surface area (Å²) < 4.78 is 14.7. The SMILES string of the molecule is CC(C(=O)N/C(O)=C/C(=N)c1ccc(F)cc1Cl)c1ccc(-c2nn(C(C)C)c(N)c2C(N)=O)nc1. The van der Waals surface area contributed by atoms with Crippen LogP contribution in [0.1, 0.15) is 54.2 Å². The second kappa shape index (κ2) is 10.6. The third-order valence-corrected chi connectivity index (χ3v) is 5.67. The van der Waals surface area contributed by atoms with Crippen LogP contribution in [-0.2, 0) is 4.79 Å². The number of hydrogen-bond acceptors (Lipinski definition) is 7. The molecule has 0 saturated carbocycles. The lowest BCUT2D eigenvalue weighted by Crippen LogP contribution is -2.28. The van der Waals surface area contributed by atoms with Crippen molar-refractivity contribution in [2.24, 2.45) is 5.73 Å². The number of hydrogen-bond donors (Lipinski definition) is 5. The van der Waals surface area contributed by atoms with Gasteiger partial charge in [0.2, 0.25) is 5.91 Å². The molecule has 1 unspecified atom stereocenters. The Morgan fingerprint density at radius 2 is 1.94 bits per heavy atom. The Morgan fingerprint density at radius 1 is 1.25 bits per heavy atom. The molecule has 10 nitrogen and oxygen atoms in total. The molecule has 0 aliphatic carbocycles. The van der Waals surface area contributed by atoms with Gasteiger partial charge in [-0.05, 0) is 50.6 Å². The number of rotatable bonds is 8. The summed E-state index contributed by atoms with van der Waals surface area (Å²) in [7, 11) is 0. The van der Waals surface area contributed by atoms with Crippen molar-refractivity contribution in [2.45, 2.75) is 32.7 Å². The summed E-state index contributed by atoms with van der Waals surface area (Å²) in [5.74, 6) is -3.04. The van der Waals surface area contributed by atoms with E-state index in [1.165, 1.54) is 16.9 Å². The molecule has 0 radical (unpaired) electrons. The van der Waals surface area contributed by atoms with Crippen LogP contribution < -0.4 is 16.8 Å². The zero-order valence-electron chi connectivity index (χ0n) is 19.7. The topological polar surface area (TPSA) is 173 Å². The minimum absolute atomic E-state index is 0.00520. The summed E-state index contributed by atoms with van der Waals surface area (Å²) in [6, 6.07) is 6.57. The lowest BCUT2D eigenvalue weighted by Gasteiger charge is -2.12. The Kier molecular flexibility index (Phi) is 7.74. The second-order valence-electron chi connectivity index (χ2n) is 8.27. The fraction of sp³-hybridized carbons (Fsp3) is 0.208. The molecule has 0 aliphatic heterocycles. The van der Waals surface area contributed by atoms with Crippen molar-refractivity contribution in [3.05, 3.63) is 76.0 Å². The van der Waals surface area contributed by atoms with Crippen molar-refractivity contribution in [1.29, 1.82) is 5.41 Å². The van der Waals surface area contributed by atoms with Gasteiger partial charge in [-0.2, -0.15) is 5.10 Å². The summed E-state index contributed by atoms with van der Waals surface area (Å²) in [5.41, 5.74) is 12.7. The summed E-state index contributed by atoms with van der Waals surface area (Å²) in [6.45, 7) is 5.31. The number of carbonyl (C=O) groups excluding carboxylic acids is 2. The third kappa shape index (κ3) is 5.52. The highest BCUT2D eigenvalue weighted by Crippen LogP contribution is 2.28. The average molecular weight is 514 g/mol. The predicted octanol–water partition coefficient (Wildman–Crippen LogP) is 3.69. The van der Waals surface area contributed by atoms with E-state index in [2.05, 4.69) is 15.4 Å². The number of allylic oxidation sites excluding steroid dienone is 1. The van der Waals surface area contributed by atoms with Gasteiger partial charge >= 0.3 is 0 Å². The van der Waals surface area contributed by atoms with Crippen molar-refractivity contribution in [3.8, 4) is 11.4 Å². The van der Waals surface area contributed by atoms with Crippen molar-refractivity contribution in [2.75, 3.05) is 5.73 Å². The number of nitrogens with two attached hydrogens (primary N) is 2. The maximum Gasteiger partial charge on any atom is 0.254 e. The Morgan fingerprint density at radius 3 is 2.50 bits per heavy atom. The van der Waals surface area contributed by atoms with Crippen LogP contribution in [0.25, 0.3) is 11.4 Å². The van der Waals surface area contributed by atoms with Gasteiger partial charge in [0.15, 0.2) is 5.88 Å². The number of nitrogens with zero attached hydrogens (tertiary/aromatic N) is 3. The number of aliphatic hydroxyl groups excluding tert-OH is 1. The van der Waals surface area contributed by atoms with E-state index >= 15 is 0 Å². The van der Waals surface area contributed by atoms with Crippen LogP contribution in [0.5, 0.6) is 0 Å². The molecule has 0 spiro atoms. The minimum Gasteiger partial charge on any atom is -0.494 e. The number of benzene rings is 1. The summed E-state index contributed by atoms with van der Waals surface area (Å²) in [4.78, 5) is 28.9. The van der Waals surface area contributed by atoms with Gasteiger partial charge in [0.25, 0.3) is 5.91 Å². The van der Waals surface area contributed by atoms with E-state index in [-0.39, 0.29) is 39.4 Å². The van der Waals surface area contributed by atoms with Gasteiger partial charge in [-0.15, -0.1) is 0 Å². The first-order valence-electron chi connectivity index (χ1n) is 10.8. The molecule has 1 atom stereocenters. The zero-order valence-corrected chi connectivity index (χ0v) is 20.5. The highest BCUT2D eigenvalue weighted by Gasteiger charge is 2.24. The highest BCUT2D eigenvalue weighted by molar-refractivity contribution is 6.34. The normalized spacial score (nSPS) is 12.4. The molecule has 1 aromatic carbocycles. The van der Waals surface area contributed by atoms with E-state index in [1.54, 1.807) is 19.1 Å². The summed E-state index contributed by atoms with van der Waals surface area (Å²) in [5, 5.41) is 24.8. The first-order chi connectivity index (χ1) is 16.9. The van der Waals surface area contributed by atoms with Crippen molar-refractivity contribution >= 4 is 34.9 Å². The lowest BCUT2D eigenvalue weighted by molar-refractivity contribution is -0.122. The van der Waals surface area contributed by atoms with E-state index < -0.39 is 29.4 Å². The number of aliphatic hydroxyl groups is 1. The number of carbonyl (C=O) groups is 2. The fourth-order valence-electron chi connectivity index (χ4n) is 3.41. The van der Waals surface area contributed by atoms with Crippen LogP contribution in [0.15, 0.2) is 48.5 Å². The van der Waals surface area contributed by atoms with Crippen LogP contribution in [-0.4, -0.2) is 37.4 Å². The molecule has 0 saturated heterocycles. The Bertz CT molecular complexity index is 1370. The molecular weight excluding hydrogens is 489 g/mol. The molecule has 2 aromatic heterocycles. The number of nitrogens with one attached hydrogen (secondary N) is 2. The molecule has 3 rings (SSSR count). The average Bonchev–Trinajstić information content (AvgIpc) is 3.16. The van der Waals surface area contributed by atoms with Gasteiger partial charge in [-0.1, -0.05) is 17.7 Å². The van der Waals surface area contributed by atoms with Crippen LogP contribution in [0.3, 0.4) is 0 Å². The van der Waals surface area contributed by atoms with E-state index in [4.69, 9.17) is 28.5 Å². The number of pyridine rings is 1. The number of primary amides is 1. The van der Waals surface area contributed by atoms with Crippen LogP contribution >= 0.6 is 11.6 Å².